The van der Waals surface area contributed by atoms with Crippen LogP contribution in [0.2, 0.25) is 0 Å². The third-order valence-corrected chi connectivity index (χ3v) is 6.84. The number of ether oxygens (including phenoxy) is 2. The van der Waals surface area contributed by atoms with Gasteiger partial charge in [0, 0.05) is 13.1 Å². The van der Waals surface area contributed by atoms with Crippen LogP contribution in [0.15, 0.2) is 72.8 Å². The lowest BCUT2D eigenvalue weighted by atomic mass is 9.97. The molecule has 1 saturated heterocycles. The molecule has 0 saturated carbocycles. The van der Waals surface area contributed by atoms with E-state index in [9.17, 15) is 4.79 Å². The molecule has 4 aromatic rings. The number of likely N-dealkylation sites (tertiary alicyclic amines) is 1. The SMILES string of the molecule is COc1ccc(Cn2c(CN3CCC[C@@H](C(=O)Nc4ccccc4OC)C3)nc3ccccc32)cc1. The van der Waals surface area contributed by atoms with Gasteiger partial charge in [-0.2, -0.15) is 0 Å². The van der Waals surface area contributed by atoms with Crippen LogP contribution < -0.4 is 14.8 Å². The molecule has 1 aromatic heterocycles. The van der Waals surface area contributed by atoms with E-state index in [0.29, 0.717) is 24.5 Å². The van der Waals surface area contributed by atoms with Crippen molar-refractivity contribution in [3.63, 3.8) is 0 Å². The fourth-order valence-electron chi connectivity index (χ4n) is 4.93. The second kappa shape index (κ2) is 10.8. The molecule has 2 heterocycles. The number of para-hydroxylation sites is 4. The van der Waals surface area contributed by atoms with Crippen LogP contribution in [0.25, 0.3) is 11.0 Å². The number of amides is 1. The van der Waals surface area contributed by atoms with Crippen molar-refractivity contribution in [2.45, 2.75) is 25.9 Å². The fraction of sp³-hybridized carbons (Fsp3) is 0.310. The standard InChI is InChI=1S/C29H32N4O3/c1-35-23-15-13-21(14-16-23)18-33-26-11-5-3-9-24(26)30-28(33)20-32-17-7-8-22(19-32)29(34)31-25-10-4-6-12-27(25)36-2/h3-6,9-16,22H,7-8,17-20H2,1-2H3,(H,31,34)/t22-/m1/s1. The van der Waals surface area contributed by atoms with Gasteiger partial charge in [-0.3, -0.25) is 9.69 Å². The molecular formula is C29H32N4O3. The molecule has 1 aliphatic heterocycles. The summed E-state index contributed by atoms with van der Waals surface area (Å²) in [5.74, 6) is 2.49. The molecule has 3 aromatic carbocycles. The van der Waals surface area contributed by atoms with Crippen LogP contribution in [0.1, 0.15) is 24.2 Å². The van der Waals surface area contributed by atoms with E-state index in [1.54, 1.807) is 14.2 Å². The van der Waals surface area contributed by atoms with Gasteiger partial charge < -0.3 is 19.4 Å². The van der Waals surface area contributed by atoms with Crippen molar-refractivity contribution in [3.8, 4) is 11.5 Å². The maximum Gasteiger partial charge on any atom is 0.228 e. The average Bonchev–Trinajstić information content (AvgIpc) is 3.26. The molecular weight excluding hydrogens is 452 g/mol. The highest BCUT2D eigenvalue weighted by molar-refractivity contribution is 5.94. The van der Waals surface area contributed by atoms with E-state index in [1.807, 2.05) is 42.5 Å². The predicted octanol–water partition coefficient (Wildman–Crippen LogP) is 4.95. The Morgan fingerprint density at radius 1 is 0.972 bits per heavy atom. The van der Waals surface area contributed by atoms with Gasteiger partial charge in [0.15, 0.2) is 0 Å². The highest BCUT2D eigenvalue weighted by Crippen LogP contribution is 2.27. The molecule has 0 unspecified atom stereocenters. The van der Waals surface area contributed by atoms with Crippen LogP contribution in [0.3, 0.4) is 0 Å². The number of anilines is 1. The van der Waals surface area contributed by atoms with E-state index in [0.717, 1.165) is 48.5 Å². The Bertz CT molecular complexity index is 1330. The Kier molecular flexibility index (Phi) is 7.18. The molecule has 0 spiro atoms. The Morgan fingerprint density at radius 3 is 2.56 bits per heavy atom. The Hall–Kier alpha value is -3.84. The molecule has 5 rings (SSSR count). The van der Waals surface area contributed by atoms with Crippen molar-refractivity contribution >= 4 is 22.6 Å². The number of rotatable bonds is 8. The number of carbonyl (C=O) groups is 1. The normalized spacial score (nSPS) is 16.1. The minimum absolute atomic E-state index is 0.0379. The zero-order valence-corrected chi connectivity index (χ0v) is 20.8. The van der Waals surface area contributed by atoms with E-state index in [-0.39, 0.29) is 11.8 Å². The second-order valence-corrected chi connectivity index (χ2v) is 9.21. The van der Waals surface area contributed by atoms with Gasteiger partial charge >= 0.3 is 0 Å². The number of benzene rings is 3. The van der Waals surface area contributed by atoms with Gasteiger partial charge in [-0.25, -0.2) is 4.98 Å². The lowest BCUT2D eigenvalue weighted by molar-refractivity contribution is -0.121. The van der Waals surface area contributed by atoms with Gasteiger partial charge in [0.05, 0.1) is 43.4 Å². The summed E-state index contributed by atoms with van der Waals surface area (Å²) in [5.41, 5.74) is 4.01. The topological polar surface area (TPSA) is 68.6 Å². The van der Waals surface area contributed by atoms with Crippen LogP contribution in [0.4, 0.5) is 5.69 Å². The number of imidazole rings is 1. The minimum atomic E-state index is -0.0805. The largest absolute Gasteiger partial charge is 0.497 e. The molecule has 1 atom stereocenters. The minimum Gasteiger partial charge on any atom is -0.497 e. The number of hydrogen-bond acceptors (Lipinski definition) is 5. The van der Waals surface area contributed by atoms with Crippen LogP contribution in [0, 0.1) is 5.92 Å². The molecule has 1 aliphatic rings. The maximum absolute atomic E-state index is 13.1. The van der Waals surface area contributed by atoms with Crippen molar-refractivity contribution in [3.05, 3.63) is 84.2 Å². The maximum atomic E-state index is 13.1. The summed E-state index contributed by atoms with van der Waals surface area (Å²) in [5, 5.41) is 3.07. The molecule has 1 amide bonds. The highest BCUT2D eigenvalue weighted by Gasteiger charge is 2.27. The zero-order valence-electron chi connectivity index (χ0n) is 20.8. The van der Waals surface area contributed by atoms with E-state index in [4.69, 9.17) is 14.5 Å². The molecule has 1 N–H and O–H groups in total. The van der Waals surface area contributed by atoms with Crippen LogP contribution in [-0.4, -0.2) is 47.7 Å². The number of aromatic nitrogens is 2. The van der Waals surface area contributed by atoms with Crippen molar-refractivity contribution in [2.75, 3.05) is 32.6 Å². The van der Waals surface area contributed by atoms with Crippen molar-refractivity contribution in [1.29, 1.82) is 0 Å². The van der Waals surface area contributed by atoms with Gasteiger partial charge in [-0.15, -0.1) is 0 Å². The molecule has 0 radical (unpaired) electrons. The van der Waals surface area contributed by atoms with Crippen LogP contribution in [-0.2, 0) is 17.9 Å². The Morgan fingerprint density at radius 2 is 1.75 bits per heavy atom. The van der Waals surface area contributed by atoms with Gasteiger partial charge in [0.25, 0.3) is 0 Å². The first-order valence-corrected chi connectivity index (χ1v) is 12.4. The van der Waals surface area contributed by atoms with E-state index in [1.165, 1.54) is 5.56 Å². The third-order valence-electron chi connectivity index (χ3n) is 6.84. The first-order valence-electron chi connectivity index (χ1n) is 12.4. The molecule has 186 valence electrons. The van der Waals surface area contributed by atoms with Crippen molar-refractivity contribution in [1.82, 2.24) is 14.5 Å². The summed E-state index contributed by atoms with van der Waals surface area (Å²) in [6, 6.07) is 24.0. The Balaban J connectivity index is 1.33. The third kappa shape index (κ3) is 5.21. The number of methoxy groups -OCH3 is 2. The second-order valence-electron chi connectivity index (χ2n) is 9.21. The molecule has 0 aliphatic carbocycles. The smallest absolute Gasteiger partial charge is 0.228 e. The number of nitrogens with zero attached hydrogens (tertiary/aromatic N) is 3. The molecule has 7 nitrogen and oxygen atoms in total. The molecule has 7 heteroatoms. The number of nitrogens with one attached hydrogen (secondary N) is 1. The predicted molar refractivity (Wildman–Crippen MR) is 141 cm³/mol. The van der Waals surface area contributed by atoms with Gasteiger partial charge in [-0.1, -0.05) is 36.4 Å². The van der Waals surface area contributed by atoms with E-state index in [2.05, 4.69) is 45.1 Å². The lowest BCUT2D eigenvalue weighted by Crippen LogP contribution is -2.40. The van der Waals surface area contributed by atoms with Crippen molar-refractivity contribution in [2.24, 2.45) is 5.92 Å². The quantitative estimate of drug-likeness (QED) is 0.383. The number of carbonyl (C=O) groups excluding carboxylic acids is 1. The first-order chi connectivity index (χ1) is 17.6. The van der Waals surface area contributed by atoms with E-state index < -0.39 is 0 Å². The van der Waals surface area contributed by atoms with Gasteiger partial charge in [0.1, 0.15) is 17.3 Å². The van der Waals surface area contributed by atoms with Gasteiger partial charge in [-0.05, 0) is 61.3 Å². The van der Waals surface area contributed by atoms with E-state index >= 15 is 0 Å². The number of fused-ring (bicyclic) bond motifs is 1. The monoisotopic (exact) mass is 484 g/mol. The number of hydrogen-bond donors (Lipinski definition) is 1. The van der Waals surface area contributed by atoms with Crippen LogP contribution in [0.5, 0.6) is 11.5 Å². The molecule has 1 fully saturated rings. The lowest BCUT2D eigenvalue weighted by Gasteiger charge is -2.32. The van der Waals surface area contributed by atoms with Crippen LogP contribution >= 0.6 is 0 Å². The van der Waals surface area contributed by atoms with Crippen molar-refractivity contribution < 1.29 is 14.3 Å². The molecule has 36 heavy (non-hydrogen) atoms. The van der Waals surface area contributed by atoms with Gasteiger partial charge in [0.2, 0.25) is 5.91 Å². The fourth-order valence-corrected chi connectivity index (χ4v) is 4.93. The number of piperidine rings is 1. The molecule has 0 bridgehead atoms. The summed E-state index contributed by atoms with van der Waals surface area (Å²) < 4.78 is 13.0. The summed E-state index contributed by atoms with van der Waals surface area (Å²) in [7, 11) is 3.30. The average molecular weight is 485 g/mol. The summed E-state index contributed by atoms with van der Waals surface area (Å²) in [6.07, 6.45) is 1.85. The zero-order chi connectivity index (χ0) is 24.9. The Labute approximate surface area is 211 Å². The highest BCUT2D eigenvalue weighted by atomic mass is 16.5. The summed E-state index contributed by atoms with van der Waals surface area (Å²) in [4.78, 5) is 20.4. The summed E-state index contributed by atoms with van der Waals surface area (Å²) in [6.45, 7) is 3.07. The summed E-state index contributed by atoms with van der Waals surface area (Å²) >= 11 is 0. The first kappa shape index (κ1) is 23.9.